The molecule has 7 nitrogen and oxygen atoms in total. The zero-order chi connectivity index (χ0) is 18.1. The second-order valence-corrected chi connectivity index (χ2v) is 5.51. The SMILES string of the molecule is O=[N+]([O-])c1cc(CNCCOCCO)ccc1Oc1ccccc1Cl. The molecule has 0 fully saturated rings. The first kappa shape index (κ1) is 19.1. The molecule has 134 valence electrons. The van der Waals surface area contributed by atoms with Crippen LogP contribution < -0.4 is 10.1 Å². The number of para-hydroxylation sites is 1. The number of ether oxygens (including phenoxy) is 2. The number of rotatable bonds is 10. The maximum Gasteiger partial charge on any atom is 0.311 e. The Hall–Kier alpha value is -2.19. The summed E-state index contributed by atoms with van der Waals surface area (Å²) < 4.78 is 10.7. The van der Waals surface area contributed by atoms with E-state index in [-0.39, 0.29) is 18.0 Å². The molecule has 2 aromatic rings. The summed E-state index contributed by atoms with van der Waals surface area (Å²) in [6.45, 7) is 1.76. The highest BCUT2D eigenvalue weighted by Crippen LogP contribution is 2.35. The standard InChI is InChI=1S/C17H19ClN2O5/c18-14-3-1-2-4-16(14)25-17-6-5-13(11-15(17)20(22)23)12-19-7-9-24-10-8-21/h1-6,11,19,21H,7-10,12H2. The van der Waals surface area contributed by atoms with E-state index in [2.05, 4.69) is 5.32 Å². The zero-order valence-electron chi connectivity index (χ0n) is 13.5. The summed E-state index contributed by atoms with van der Waals surface area (Å²) in [7, 11) is 0. The fourth-order valence-electron chi connectivity index (χ4n) is 2.09. The van der Waals surface area contributed by atoms with Crippen molar-refractivity contribution in [1.82, 2.24) is 5.32 Å². The van der Waals surface area contributed by atoms with Crippen molar-refractivity contribution >= 4 is 17.3 Å². The van der Waals surface area contributed by atoms with E-state index in [1.165, 1.54) is 6.07 Å². The lowest BCUT2D eigenvalue weighted by molar-refractivity contribution is -0.385. The molecule has 0 radical (unpaired) electrons. The van der Waals surface area contributed by atoms with Gasteiger partial charge in [0.25, 0.3) is 0 Å². The van der Waals surface area contributed by atoms with E-state index >= 15 is 0 Å². The molecule has 0 aliphatic rings. The van der Waals surface area contributed by atoms with Gasteiger partial charge < -0.3 is 19.9 Å². The summed E-state index contributed by atoms with van der Waals surface area (Å²) in [6, 6.07) is 11.6. The van der Waals surface area contributed by atoms with Gasteiger partial charge in [-0.15, -0.1) is 0 Å². The predicted molar refractivity (Wildman–Crippen MR) is 94.2 cm³/mol. The quantitative estimate of drug-likeness (QED) is 0.381. The number of benzene rings is 2. The van der Waals surface area contributed by atoms with Crippen molar-refractivity contribution in [3.8, 4) is 11.5 Å². The predicted octanol–water partition coefficient (Wildman–Crippen LogP) is 3.14. The Morgan fingerprint density at radius 3 is 2.68 bits per heavy atom. The minimum Gasteiger partial charge on any atom is -0.449 e. The first-order chi connectivity index (χ1) is 12.1. The first-order valence-electron chi connectivity index (χ1n) is 7.71. The summed E-state index contributed by atoms with van der Waals surface area (Å²) in [5, 5.41) is 23.4. The lowest BCUT2D eigenvalue weighted by Crippen LogP contribution is -2.20. The minimum atomic E-state index is -0.486. The molecule has 0 saturated heterocycles. The maximum absolute atomic E-state index is 11.3. The molecule has 2 N–H and O–H groups in total. The molecule has 0 bridgehead atoms. The number of halogens is 1. The molecule has 0 atom stereocenters. The average molecular weight is 367 g/mol. The van der Waals surface area contributed by atoms with Crippen LogP contribution in [0.2, 0.25) is 5.02 Å². The van der Waals surface area contributed by atoms with Crippen LogP contribution in [-0.4, -0.2) is 36.4 Å². The molecule has 0 aliphatic carbocycles. The Bertz CT molecular complexity index is 711. The normalized spacial score (nSPS) is 10.6. The molecule has 0 unspecified atom stereocenters. The maximum atomic E-state index is 11.3. The van der Waals surface area contributed by atoms with E-state index in [1.807, 2.05) is 0 Å². The number of nitrogens with zero attached hydrogens (tertiary/aromatic N) is 1. The van der Waals surface area contributed by atoms with Gasteiger partial charge >= 0.3 is 5.69 Å². The summed E-state index contributed by atoms with van der Waals surface area (Å²) in [5.41, 5.74) is 0.621. The first-order valence-corrected chi connectivity index (χ1v) is 8.08. The third-order valence-corrected chi connectivity index (χ3v) is 3.58. The van der Waals surface area contributed by atoms with Gasteiger partial charge in [0, 0.05) is 19.2 Å². The van der Waals surface area contributed by atoms with Crippen LogP contribution in [0, 0.1) is 10.1 Å². The van der Waals surface area contributed by atoms with Gasteiger partial charge in [-0.3, -0.25) is 10.1 Å². The number of aliphatic hydroxyl groups is 1. The molecule has 25 heavy (non-hydrogen) atoms. The van der Waals surface area contributed by atoms with E-state index in [4.69, 9.17) is 26.2 Å². The van der Waals surface area contributed by atoms with Crippen molar-refractivity contribution < 1.29 is 19.5 Å². The number of aliphatic hydroxyl groups excluding tert-OH is 1. The van der Waals surface area contributed by atoms with Gasteiger partial charge in [0.15, 0.2) is 0 Å². The van der Waals surface area contributed by atoms with Crippen LogP contribution in [0.15, 0.2) is 42.5 Å². The highest BCUT2D eigenvalue weighted by Gasteiger charge is 2.17. The largest absolute Gasteiger partial charge is 0.449 e. The Morgan fingerprint density at radius 1 is 1.16 bits per heavy atom. The third-order valence-electron chi connectivity index (χ3n) is 3.26. The molecule has 0 amide bonds. The molecule has 0 spiro atoms. The summed E-state index contributed by atoms with van der Waals surface area (Å²) in [5.74, 6) is 0.493. The van der Waals surface area contributed by atoms with E-state index < -0.39 is 4.92 Å². The van der Waals surface area contributed by atoms with E-state index in [0.717, 1.165) is 5.56 Å². The zero-order valence-corrected chi connectivity index (χ0v) is 14.2. The molecule has 0 heterocycles. The molecule has 2 aromatic carbocycles. The summed E-state index contributed by atoms with van der Waals surface area (Å²) >= 11 is 6.03. The van der Waals surface area contributed by atoms with Gasteiger partial charge in [0.05, 0.1) is 29.8 Å². The van der Waals surface area contributed by atoms with Crippen molar-refractivity contribution in [2.24, 2.45) is 0 Å². The Kier molecular flexibility index (Phi) is 7.62. The second-order valence-electron chi connectivity index (χ2n) is 5.10. The molecule has 8 heteroatoms. The minimum absolute atomic E-state index is 0.0148. The lowest BCUT2D eigenvalue weighted by Gasteiger charge is -2.10. The van der Waals surface area contributed by atoms with Gasteiger partial charge in [0.2, 0.25) is 5.75 Å². The molecular weight excluding hydrogens is 348 g/mol. The van der Waals surface area contributed by atoms with E-state index in [9.17, 15) is 10.1 Å². The van der Waals surface area contributed by atoms with Crippen LogP contribution in [0.4, 0.5) is 5.69 Å². The van der Waals surface area contributed by atoms with Gasteiger partial charge in [-0.05, 0) is 23.8 Å². The Balaban J connectivity index is 2.02. The van der Waals surface area contributed by atoms with Gasteiger partial charge in [0.1, 0.15) is 5.75 Å². The van der Waals surface area contributed by atoms with Gasteiger partial charge in [-0.25, -0.2) is 0 Å². The average Bonchev–Trinajstić information content (AvgIpc) is 2.60. The molecule has 2 rings (SSSR count). The van der Waals surface area contributed by atoms with Crippen LogP contribution in [0.3, 0.4) is 0 Å². The van der Waals surface area contributed by atoms with E-state index in [1.54, 1.807) is 36.4 Å². The molecule has 0 saturated carbocycles. The number of nitrogens with one attached hydrogen (secondary N) is 1. The smallest absolute Gasteiger partial charge is 0.311 e. The van der Waals surface area contributed by atoms with Crippen LogP contribution in [-0.2, 0) is 11.3 Å². The van der Waals surface area contributed by atoms with Gasteiger partial charge in [-0.2, -0.15) is 0 Å². The summed E-state index contributed by atoms with van der Waals surface area (Å²) in [4.78, 5) is 10.8. The van der Waals surface area contributed by atoms with Crippen molar-refractivity contribution in [2.75, 3.05) is 26.4 Å². The van der Waals surface area contributed by atoms with Crippen LogP contribution in [0.5, 0.6) is 11.5 Å². The lowest BCUT2D eigenvalue weighted by atomic mass is 10.2. The molecule has 0 aromatic heterocycles. The van der Waals surface area contributed by atoms with Crippen molar-refractivity contribution in [2.45, 2.75) is 6.54 Å². The Labute approximate surface area is 150 Å². The number of hydrogen-bond acceptors (Lipinski definition) is 6. The number of nitro benzene ring substituents is 1. The summed E-state index contributed by atoms with van der Waals surface area (Å²) in [6.07, 6.45) is 0. The third kappa shape index (κ3) is 5.99. The van der Waals surface area contributed by atoms with Crippen molar-refractivity contribution in [3.63, 3.8) is 0 Å². The Morgan fingerprint density at radius 2 is 1.96 bits per heavy atom. The fraction of sp³-hybridized carbons (Fsp3) is 0.294. The van der Waals surface area contributed by atoms with Crippen molar-refractivity contribution in [3.05, 3.63) is 63.2 Å². The highest BCUT2D eigenvalue weighted by atomic mass is 35.5. The topological polar surface area (TPSA) is 93.9 Å². The van der Waals surface area contributed by atoms with Crippen molar-refractivity contribution in [1.29, 1.82) is 0 Å². The van der Waals surface area contributed by atoms with Crippen LogP contribution in [0.25, 0.3) is 0 Å². The fourth-order valence-corrected chi connectivity index (χ4v) is 2.27. The van der Waals surface area contributed by atoms with Crippen LogP contribution >= 0.6 is 11.6 Å². The van der Waals surface area contributed by atoms with Gasteiger partial charge in [-0.1, -0.05) is 29.8 Å². The molecule has 0 aliphatic heterocycles. The second kappa shape index (κ2) is 9.95. The highest BCUT2D eigenvalue weighted by molar-refractivity contribution is 6.32. The number of nitro groups is 1. The molecular formula is C17H19ClN2O5. The van der Waals surface area contributed by atoms with E-state index in [0.29, 0.717) is 37.1 Å². The number of hydrogen-bond donors (Lipinski definition) is 2. The van der Waals surface area contributed by atoms with Crippen LogP contribution in [0.1, 0.15) is 5.56 Å². The monoisotopic (exact) mass is 366 g/mol.